The summed E-state index contributed by atoms with van der Waals surface area (Å²) in [5.74, 6) is -3.57. The number of aryl methyl sites for hydroxylation is 2. The van der Waals surface area contributed by atoms with Crippen molar-refractivity contribution in [2.75, 3.05) is 18.2 Å². The van der Waals surface area contributed by atoms with Crippen molar-refractivity contribution in [3.8, 4) is 6.07 Å². The predicted octanol–water partition coefficient (Wildman–Crippen LogP) is 3.41. The molecular weight excluding hydrogens is 426 g/mol. The molecule has 0 radical (unpaired) electrons. The van der Waals surface area contributed by atoms with Gasteiger partial charge in [-0.2, -0.15) is 5.26 Å². The molecule has 0 aromatic heterocycles. The van der Waals surface area contributed by atoms with Crippen LogP contribution < -0.4 is 10.6 Å². The lowest BCUT2D eigenvalue weighted by Crippen LogP contribution is -2.44. The number of ether oxygens (including phenoxy) is 1. The average Bonchev–Trinajstić information content (AvgIpc) is 2.78. The summed E-state index contributed by atoms with van der Waals surface area (Å²) in [6, 6.07) is 16.8. The van der Waals surface area contributed by atoms with Crippen LogP contribution in [0.15, 0.2) is 59.1 Å². The molecule has 8 heteroatoms. The topological polar surface area (TPSA) is 108 Å². The average molecular weight is 450 g/mol. The molecule has 2 amide bonds. The van der Waals surface area contributed by atoms with Crippen molar-refractivity contribution in [2.24, 2.45) is 5.92 Å². The molecule has 2 aromatic carbocycles. The minimum absolute atomic E-state index is 0.0152. The molecule has 0 bridgehead atoms. The number of benzene rings is 2. The summed E-state index contributed by atoms with van der Waals surface area (Å²) >= 11 is 1.05. The molecule has 2 atom stereocenters. The summed E-state index contributed by atoms with van der Waals surface area (Å²) in [6.45, 7) is 3.81. The molecule has 164 valence electrons. The van der Waals surface area contributed by atoms with Gasteiger partial charge in [0.25, 0.3) is 0 Å². The lowest BCUT2D eigenvalue weighted by Gasteiger charge is -2.31. The van der Waals surface area contributed by atoms with Crippen LogP contribution in [0.25, 0.3) is 0 Å². The van der Waals surface area contributed by atoms with Crippen molar-refractivity contribution in [1.29, 1.82) is 5.26 Å². The summed E-state index contributed by atoms with van der Waals surface area (Å²) in [7, 11) is 1.21. The molecule has 3 rings (SSSR count). The number of nitriles is 1. The van der Waals surface area contributed by atoms with Crippen LogP contribution in [0.3, 0.4) is 0 Å². The van der Waals surface area contributed by atoms with Crippen LogP contribution in [0, 0.1) is 31.1 Å². The van der Waals surface area contributed by atoms with Gasteiger partial charge in [-0.15, -0.1) is 0 Å². The highest BCUT2D eigenvalue weighted by molar-refractivity contribution is 8.03. The van der Waals surface area contributed by atoms with E-state index in [0.717, 1.165) is 22.9 Å². The molecule has 0 saturated carbocycles. The molecule has 0 saturated heterocycles. The Morgan fingerprint density at radius 2 is 1.84 bits per heavy atom. The molecule has 32 heavy (non-hydrogen) atoms. The number of thioether (sulfide) groups is 1. The molecule has 0 aliphatic carbocycles. The number of carbonyl (C=O) groups is 3. The first kappa shape index (κ1) is 23.1. The number of methoxy groups -OCH3 is 1. The van der Waals surface area contributed by atoms with E-state index in [4.69, 9.17) is 4.74 Å². The Hall–Kier alpha value is -3.57. The number of esters is 1. The Labute approximate surface area is 190 Å². The third-order valence-electron chi connectivity index (χ3n) is 5.19. The molecule has 2 aromatic rings. The van der Waals surface area contributed by atoms with Gasteiger partial charge in [0.2, 0.25) is 11.8 Å². The zero-order valence-electron chi connectivity index (χ0n) is 18.0. The fourth-order valence-electron chi connectivity index (χ4n) is 3.49. The minimum atomic E-state index is -1.19. The molecule has 1 aliphatic rings. The first-order chi connectivity index (χ1) is 15.3. The largest absolute Gasteiger partial charge is 0.468 e. The van der Waals surface area contributed by atoms with Crippen molar-refractivity contribution in [2.45, 2.75) is 19.8 Å². The molecule has 1 aliphatic heterocycles. The number of hydrogen-bond acceptors (Lipinski definition) is 6. The van der Waals surface area contributed by atoms with E-state index in [1.54, 1.807) is 18.2 Å². The smallest absolute Gasteiger partial charge is 0.319 e. The first-order valence-electron chi connectivity index (χ1n) is 9.93. The second kappa shape index (κ2) is 10.2. The van der Waals surface area contributed by atoms with E-state index >= 15 is 0 Å². The molecule has 7 nitrogen and oxygen atoms in total. The quantitative estimate of drug-likeness (QED) is 0.517. The van der Waals surface area contributed by atoms with Crippen LogP contribution in [-0.2, 0) is 19.1 Å². The maximum atomic E-state index is 12.8. The monoisotopic (exact) mass is 449 g/mol. The third kappa shape index (κ3) is 5.01. The number of nitrogens with zero attached hydrogens (tertiary/aromatic N) is 1. The van der Waals surface area contributed by atoms with Gasteiger partial charge in [-0.25, -0.2) is 0 Å². The highest BCUT2D eigenvalue weighted by Gasteiger charge is 2.44. The zero-order valence-corrected chi connectivity index (χ0v) is 18.8. The van der Waals surface area contributed by atoms with E-state index in [1.807, 2.05) is 44.2 Å². The highest BCUT2D eigenvalue weighted by Crippen LogP contribution is 2.40. The number of anilines is 1. The van der Waals surface area contributed by atoms with Crippen LogP contribution in [0.4, 0.5) is 5.69 Å². The number of rotatable bonds is 6. The molecule has 0 fully saturated rings. The Morgan fingerprint density at radius 1 is 1.16 bits per heavy atom. The standard InChI is InChI=1S/C24H23N3O4S/c1-14-8-10-16(11-9-14)20-17(12-25)23(27-22(29)21(20)24(30)31-3)32-13-19(28)26-18-7-5-4-6-15(18)2/h4-11,20-21H,13H2,1-3H3,(H,26,28)(H,27,29)/t20-,21-/m1/s1. The van der Waals surface area contributed by atoms with Gasteiger partial charge in [-0.05, 0) is 31.0 Å². The number of para-hydroxylation sites is 1. The molecule has 0 unspecified atom stereocenters. The second-order valence-corrected chi connectivity index (χ2v) is 8.37. The third-order valence-corrected chi connectivity index (χ3v) is 6.20. The van der Waals surface area contributed by atoms with Crippen LogP contribution in [-0.4, -0.2) is 30.6 Å². The number of allylic oxidation sites excluding steroid dienone is 1. The fraction of sp³-hybridized carbons (Fsp3) is 0.250. The maximum Gasteiger partial charge on any atom is 0.319 e. The lowest BCUT2D eigenvalue weighted by molar-refractivity contribution is -0.150. The number of amides is 2. The van der Waals surface area contributed by atoms with Crippen LogP contribution in [0.2, 0.25) is 0 Å². The fourth-order valence-corrected chi connectivity index (χ4v) is 4.34. The van der Waals surface area contributed by atoms with Gasteiger partial charge in [0, 0.05) is 11.6 Å². The van der Waals surface area contributed by atoms with Crippen molar-refractivity contribution in [1.82, 2.24) is 5.32 Å². The highest BCUT2D eigenvalue weighted by atomic mass is 32.2. The van der Waals surface area contributed by atoms with Crippen molar-refractivity contribution in [3.63, 3.8) is 0 Å². The van der Waals surface area contributed by atoms with Crippen molar-refractivity contribution < 1.29 is 19.1 Å². The maximum absolute atomic E-state index is 12.8. The zero-order chi connectivity index (χ0) is 23.3. The molecule has 2 N–H and O–H groups in total. The van der Waals surface area contributed by atoms with E-state index < -0.39 is 23.7 Å². The van der Waals surface area contributed by atoms with Gasteiger partial charge >= 0.3 is 5.97 Å². The van der Waals surface area contributed by atoms with E-state index in [-0.39, 0.29) is 22.3 Å². The summed E-state index contributed by atoms with van der Waals surface area (Å²) in [6.07, 6.45) is 0. The molecule has 1 heterocycles. The van der Waals surface area contributed by atoms with Crippen LogP contribution >= 0.6 is 11.8 Å². The Balaban J connectivity index is 1.89. The van der Waals surface area contributed by atoms with Crippen LogP contribution in [0.5, 0.6) is 0 Å². The van der Waals surface area contributed by atoms with E-state index in [0.29, 0.717) is 11.3 Å². The number of nitrogens with one attached hydrogen (secondary N) is 2. The summed E-state index contributed by atoms with van der Waals surface area (Å²) in [5, 5.41) is 15.6. The molecular formula is C24H23N3O4S. The molecule has 0 spiro atoms. The lowest BCUT2D eigenvalue weighted by atomic mass is 9.78. The van der Waals surface area contributed by atoms with Crippen molar-refractivity contribution in [3.05, 3.63) is 75.8 Å². The van der Waals surface area contributed by atoms with E-state index in [2.05, 4.69) is 16.7 Å². The summed E-state index contributed by atoms with van der Waals surface area (Å²) in [5.41, 5.74) is 3.50. The van der Waals surface area contributed by atoms with Crippen LogP contribution in [0.1, 0.15) is 22.6 Å². The van der Waals surface area contributed by atoms with E-state index in [1.165, 1.54) is 7.11 Å². The first-order valence-corrected chi connectivity index (χ1v) is 10.9. The van der Waals surface area contributed by atoms with Gasteiger partial charge in [-0.1, -0.05) is 59.8 Å². The summed E-state index contributed by atoms with van der Waals surface area (Å²) < 4.78 is 4.84. The Bertz CT molecular complexity index is 1120. The van der Waals surface area contributed by atoms with Gasteiger partial charge in [0.1, 0.15) is 5.92 Å². The summed E-state index contributed by atoms with van der Waals surface area (Å²) in [4.78, 5) is 37.7. The van der Waals surface area contributed by atoms with Gasteiger partial charge in [0.15, 0.2) is 0 Å². The van der Waals surface area contributed by atoms with Crippen molar-refractivity contribution >= 4 is 35.2 Å². The van der Waals surface area contributed by atoms with Gasteiger partial charge in [-0.3, -0.25) is 14.4 Å². The number of carbonyl (C=O) groups excluding carboxylic acids is 3. The Kier molecular flexibility index (Phi) is 7.33. The predicted molar refractivity (Wildman–Crippen MR) is 122 cm³/mol. The minimum Gasteiger partial charge on any atom is -0.468 e. The number of hydrogen-bond donors (Lipinski definition) is 2. The van der Waals surface area contributed by atoms with Gasteiger partial charge < -0.3 is 15.4 Å². The Morgan fingerprint density at radius 3 is 2.47 bits per heavy atom. The second-order valence-electron chi connectivity index (χ2n) is 7.38. The normalized spacial score (nSPS) is 17.9. The van der Waals surface area contributed by atoms with E-state index in [9.17, 15) is 19.6 Å². The van der Waals surface area contributed by atoms with Gasteiger partial charge in [0.05, 0.1) is 29.5 Å². The SMILES string of the molecule is COC(=O)[C@H]1C(=O)NC(SCC(=O)Nc2ccccc2C)=C(C#N)[C@H]1c1ccc(C)cc1.